The van der Waals surface area contributed by atoms with E-state index in [1.54, 1.807) is 32.4 Å². The summed E-state index contributed by atoms with van der Waals surface area (Å²) in [6.45, 7) is 4.80. The van der Waals surface area contributed by atoms with E-state index in [0.29, 0.717) is 23.6 Å². The molecule has 25 heavy (non-hydrogen) atoms. The highest BCUT2D eigenvalue weighted by molar-refractivity contribution is 5.92. The molecule has 0 spiro atoms. The average Bonchev–Trinajstić information content (AvgIpc) is 2.61. The maximum Gasteiger partial charge on any atom is 0.226 e. The summed E-state index contributed by atoms with van der Waals surface area (Å²) < 4.78 is 10.5. The van der Waals surface area contributed by atoms with Gasteiger partial charge in [0, 0.05) is 25.1 Å². The van der Waals surface area contributed by atoms with Crippen molar-refractivity contribution in [2.75, 3.05) is 19.5 Å². The van der Waals surface area contributed by atoms with Gasteiger partial charge >= 0.3 is 0 Å². The lowest BCUT2D eigenvalue weighted by molar-refractivity contribution is -0.116. The van der Waals surface area contributed by atoms with Crippen LogP contribution in [0.4, 0.5) is 5.69 Å². The van der Waals surface area contributed by atoms with Gasteiger partial charge in [0.25, 0.3) is 0 Å². The third-order valence-corrected chi connectivity index (χ3v) is 3.95. The molecule has 2 N–H and O–H groups in total. The zero-order valence-electron chi connectivity index (χ0n) is 15.3. The molecule has 0 aromatic heterocycles. The van der Waals surface area contributed by atoms with Gasteiger partial charge in [-0.15, -0.1) is 0 Å². The number of hydrogen-bond acceptors (Lipinski definition) is 4. The number of methoxy groups -OCH3 is 2. The van der Waals surface area contributed by atoms with Crippen molar-refractivity contribution in [3.63, 3.8) is 0 Å². The van der Waals surface area contributed by atoms with Gasteiger partial charge in [-0.05, 0) is 31.5 Å². The molecule has 2 aromatic carbocycles. The number of carbonyl (C=O) groups is 1. The number of hydrogen-bond donors (Lipinski definition) is 2. The minimum Gasteiger partial charge on any atom is -0.497 e. The van der Waals surface area contributed by atoms with Crippen LogP contribution in [0, 0.1) is 6.92 Å². The Balaban J connectivity index is 1.87. The van der Waals surface area contributed by atoms with Gasteiger partial charge in [-0.3, -0.25) is 4.79 Å². The molecule has 134 valence electrons. The van der Waals surface area contributed by atoms with Crippen molar-refractivity contribution in [1.29, 1.82) is 0 Å². The van der Waals surface area contributed by atoms with Crippen molar-refractivity contribution in [3.8, 4) is 11.5 Å². The number of carbonyl (C=O) groups excluding carboxylic acids is 1. The van der Waals surface area contributed by atoms with Crippen molar-refractivity contribution in [2.24, 2.45) is 0 Å². The molecule has 1 amide bonds. The number of rotatable bonds is 8. The van der Waals surface area contributed by atoms with Gasteiger partial charge in [-0.1, -0.05) is 29.8 Å². The van der Waals surface area contributed by atoms with E-state index in [1.807, 2.05) is 6.92 Å². The first-order valence-corrected chi connectivity index (χ1v) is 8.32. The molecule has 1 atom stereocenters. The first kappa shape index (κ1) is 18.8. The molecular weight excluding hydrogens is 316 g/mol. The molecule has 0 aliphatic rings. The zero-order valence-corrected chi connectivity index (χ0v) is 15.3. The van der Waals surface area contributed by atoms with Crippen LogP contribution in [0.2, 0.25) is 0 Å². The van der Waals surface area contributed by atoms with E-state index in [0.717, 1.165) is 6.54 Å². The van der Waals surface area contributed by atoms with Crippen LogP contribution in [0.15, 0.2) is 42.5 Å². The van der Waals surface area contributed by atoms with E-state index in [2.05, 4.69) is 41.8 Å². The number of amides is 1. The van der Waals surface area contributed by atoms with E-state index in [9.17, 15) is 4.79 Å². The average molecular weight is 342 g/mol. The highest BCUT2D eigenvalue weighted by Crippen LogP contribution is 2.29. The zero-order chi connectivity index (χ0) is 18.2. The van der Waals surface area contributed by atoms with Crippen molar-refractivity contribution >= 4 is 11.6 Å². The van der Waals surface area contributed by atoms with Crippen LogP contribution in [-0.4, -0.2) is 26.2 Å². The number of nitrogens with one attached hydrogen (secondary N) is 2. The number of ether oxygens (including phenoxy) is 2. The Morgan fingerprint density at radius 3 is 2.44 bits per heavy atom. The summed E-state index contributed by atoms with van der Waals surface area (Å²) in [6.07, 6.45) is 0.367. The molecule has 2 aromatic rings. The fraction of sp³-hybridized carbons (Fsp3) is 0.350. The highest BCUT2D eigenvalue weighted by atomic mass is 16.5. The van der Waals surface area contributed by atoms with Crippen molar-refractivity contribution < 1.29 is 14.3 Å². The number of anilines is 1. The fourth-order valence-corrected chi connectivity index (χ4v) is 2.46. The molecular formula is C20H26N2O3. The Kier molecular flexibility index (Phi) is 6.83. The Morgan fingerprint density at radius 1 is 1.08 bits per heavy atom. The topological polar surface area (TPSA) is 59.6 Å². The van der Waals surface area contributed by atoms with Crippen LogP contribution < -0.4 is 20.1 Å². The molecule has 0 aliphatic carbocycles. The van der Waals surface area contributed by atoms with Gasteiger partial charge in [-0.2, -0.15) is 0 Å². The van der Waals surface area contributed by atoms with Gasteiger partial charge in [-0.25, -0.2) is 0 Å². The minimum atomic E-state index is -0.0736. The molecule has 2 rings (SSSR count). The fourth-order valence-electron chi connectivity index (χ4n) is 2.46. The first-order valence-electron chi connectivity index (χ1n) is 8.32. The Morgan fingerprint density at radius 2 is 1.80 bits per heavy atom. The Hall–Kier alpha value is -2.53. The molecule has 0 heterocycles. The SMILES string of the molecule is COc1ccc(OC)c(NC(=O)CC(C)NCc2ccc(C)cc2)c1. The number of aryl methyl sites for hydroxylation is 1. The van der Waals surface area contributed by atoms with E-state index in [1.165, 1.54) is 11.1 Å². The quantitative estimate of drug-likeness (QED) is 0.771. The molecule has 1 unspecified atom stereocenters. The van der Waals surface area contributed by atoms with Crippen molar-refractivity contribution in [2.45, 2.75) is 32.9 Å². The lowest BCUT2D eigenvalue weighted by atomic mass is 10.1. The molecule has 0 fully saturated rings. The standard InChI is InChI=1S/C20H26N2O3/c1-14-5-7-16(8-6-14)13-21-15(2)11-20(23)22-18-12-17(24-3)9-10-19(18)25-4/h5-10,12,15,21H,11,13H2,1-4H3,(H,22,23). The van der Waals surface area contributed by atoms with Crippen molar-refractivity contribution in [1.82, 2.24) is 5.32 Å². The molecule has 0 radical (unpaired) electrons. The largest absolute Gasteiger partial charge is 0.497 e. The van der Waals surface area contributed by atoms with Crippen LogP contribution in [0.25, 0.3) is 0 Å². The van der Waals surface area contributed by atoms with Gasteiger partial charge in [0.15, 0.2) is 0 Å². The summed E-state index contributed by atoms with van der Waals surface area (Å²) in [6, 6.07) is 13.7. The lowest BCUT2D eigenvalue weighted by Crippen LogP contribution is -2.30. The molecule has 5 nitrogen and oxygen atoms in total. The van der Waals surface area contributed by atoms with Crippen LogP contribution in [0.3, 0.4) is 0 Å². The predicted octanol–water partition coefficient (Wildman–Crippen LogP) is 3.52. The minimum absolute atomic E-state index is 0.0536. The normalized spacial score (nSPS) is 11.7. The maximum absolute atomic E-state index is 12.3. The summed E-state index contributed by atoms with van der Waals surface area (Å²) >= 11 is 0. The Labute approximate surface area is 149 Å². The third-order valence-electron chi connectivity index (χ3n) is 3.95. The predicted molar refractivity (Wildman–Crippen MR) is 100 cm³/mol. The smallest absolute Gasteiger partial charge is 0.226 e. The van der Waals surface area contributed by atoms with Gasteiger partial charge in [0.1, 0.15) is 11.5 Å². The van der Waals surface area contributed by atoms with Gasteiger partial charge < -0.3 is 20.1 Å². The molecule has 0 saturated heterocycles. The highest BCUT2D eigenvalue weighted by Gasteiger charge is 2.12. The van der Waals surface area contributed by atoms with E-state index < -0.39 is 0 Å². The Bertz CT molecular complexity index is 699. The second kappa shape index (κ2) is 9.08. The van der Waals surface area contributed by atoms with Crippen LogP contribution in [0.1, 0.15) is 24.5 Å². The summed E-state index contributed by atoms with van der Waals surface area (Å²) in [5.74, 6) is 1.20. The van der Waals surface area contributed by atoms with Crippen LogP contribution in [-0.2, 0) is 11.3 Å². The molecule has 5 heteroatoms. The van der Waals surface area contributed by atoms with Crippen LogP contribution >= 0.6 is 0 Å². The summed E-state index contributed by atoms with van der Waals surface area (Å²) in [5.41, 5.74) is 3.05. The molecule has 0 aliphatic heterocycles. The maximum atomic E-state index is 12.3. The number of benzene rings is 2. The lowest BCUT2D eigenvalue weighted by Gasteiger charge is -2.15. The molecule has 0 saturated carbocycles. The van der Waals surface area contributed by atoms with Crippen molar-refractivity contribution in [3.05, 3.63) is 53.6 Å². The van der Waals surface area contributed by atoms with E-state index in [4.69, 9.17) is 9.47 Å². The summed E-state index contributed by atoms with van der Waals surface area (Å²) in [7, 11) is 3.16. The molecule has 0 bridgehead atoms. The van der Waals surface area contributed by atoms with Gasteiger partial charge in [0.2, 0.25) is 5.91 Å². The monoisotopic (exact) mass is 342 g/mol. The van der Waals surface area contributed by atoms with E-state index >= 15 is 0 Å². The second-order valence-electron chi connectivity index (χ2n) is 6.09. The van der Waals surface area contributed by atoms with E-state index in [-0.39, 0.29) is 11.9 Å². The van der Waals surface area contributed by atoms with Crippen LogP contribution in [0.5, 0.6) is 11.5 Å². The second-order valence-corrected chi connectivity index (χ2v) is 6.09. The summed E-state index contributed by atoms with van der Waals surface area (Å²) in [4.78, 5) is 12.3. The van der Waals surface area contributed by atoms with Gasteiger partial charge in [0.05, 0.1) is 19.9 Å². The third kappa shape index (κ3) is 5.80. The summed E-state index contributed by atoms with van der Waals surface area (Å²) in [5, 5.41) is 6.26. The first-order chi connectivity index (χ1) is 12.0.